The zero-order valence-electron chi connectivity index (χ0n) is 15.7. The van der Waals surface area contributed by atoms with E-state index in [1.54, 1.807) is 37.3 Å². The van der Waals surface area contributed by atoms with Gasteiger partial charge in [0.1, 0.15) is 11.5 Å². The van der Waals surface area contributed by atoms with Gasteiger partial charge in [0.15, 0.2) is 0 Å². The molecule has 0 aliphatic heterocycles. The maximum Gasteiger partial charge on any atom is 0.307 e. The third kappa shape index (κ3) is 5.25. The average Bonchev–Trinajstić information content (AvgIpc) is 3.20. The molecule has 1 amide bonds. The van der Waals surface area contributed by atoms with Crippen LogP contribution >= 0.6 is 0 Å². The van der Waals surface area contributed by atoms with Crippen molar-refractivity contribution in [2.24, 2.45) is 0 Å². The van der Waals surface area contributed by atoms with Gasteiger partial charge in [0, 0.05) is 24.2 Å². The van der Waals surface area contributed by atoms with Crippen molar-refractivity contribution < 1.29 is 23.8 Å². The van der Waals surface area contributed by atoms with Gasteiger partial charge >= 0.3 is 5.97 Å². The molecule has 1 saturated carbocycles. The van der Waals surface area contributed by atoms with E-state index in [9.17, 15) is 9.59 Å². The van der Waals surface area contributed by atoms with Crippen LogP contribution in [0, 0.1) is 0 Å². The maximum absolute atomic E-state index is 12.8. The highest BCUT2D eigenvalue weighted by molar-refractivity contribution is 5.92. The second kappa shape index (κ2) is 9.85. The summed E-state index contributed by atoms with van der Waals surface area (Å²) < 4.78 is 15.3. The summed E-state index contributed by atoms with van der Waals surface area (Å²) >= 11 is 0. The molecule has 26 heavy (non-hydrogen) atoms. The van der Waals surface area contributed by atoms with E-state index in [0.717, 1.165) is 31.2 Å². The predicted octanol–water partition coefficient (Wildman–Crippen LogP) is 3.05. The van der Waals surface area contributed by atoms with Gasteiger partial charge in [-0.15, -0.1) is 0 Å². The Kier molecular flexibility index (Phi) is 7.51. The highest BCUT2D eigenvalue weighted by Gasteiger charge is 2.25. The summed E-state index contributed by atoms with van der Waals surface area (Å²) in [5, 5.41) is 0. The van der Waals surface area contributed by atoms with Gasteiger partial charge in [-0.2, -0.15) is 0 Å². The summed E-state index contributed by atoms with van der Waals surface area (Å²) in [6.45, 7) is 0.371. The Morgan fingerprint density at radius 1 is 1.15 bits per heavy atom. The van der Waals surface area contributed by atoms with Crippen LogP contribution in [0.15, 0.2) is 24.3 Å². The number of hydrogen-bond donors (Lipinski definition) is 0. The average molecular weight is 361 g/mol. The Morgan fingerprint density at radius 3 is 2.50 bits per heavy atom. The SMILES string of the molecule is COC(=O)CCN(C(=O)/C=C/c1cc(OC)ccc1OC)C1CCCC1. The molecule has 1 aromatic carbocycles. The molecule has 1 aliphatic rings. The molecular formula is C20H27NO5. The Balaban J connectivity index is 2.14. The molecule has 0 spiro atoms. The van der Waals surface area contributed by atoms with Crippen LogP contribution in [0.1, 0.15) is 37.7 Å². The van der Waals surface area contributed by atoms with Crippen molar-refractivity contribution in [2.75, 3.05) is 27.9 Å². The summed E-state index contributed by atoms with van der Waals surface area (Å²) in [6.07, 6.45) is 7.64. The zero-order valence-corrected chi connectivity index (χ0v) is 15.7. The Morgan fingerprint density at radius 2 is 1.88 bits per heavy atom. The monoisotopic (exact) mass is 361 g/mol. The number of nitrogens with zero attached hydrogens (tertiary/aromatic N) is 1. The Hall–Kier alpha value is -2.50. The fourth-order valence-corrected chi connectivity index (χ4v) is 3.23. The number of benzene rings is 1. The van der Waals surface area contributed by atoms with Gasteiger partial charge < -0.3 is 19.1 Å². The van der Waals surface area contributed by atoms with E-state index >= 15 is 0 Å². The quantitative estimate of drug-likeness (QED) is 0.526. The number of carbonyl (C=O) groups is 2. The highest BCUT2D eigenvalue weighted by atomic mass is 16.5. The van der Waals surface area contributed by atoms with Gasteiger partial charge in [-0.05, 0) is 37.1 Å². The predicted molar refractivity (Wildman–Crippen MR) is 99.2 cm³/mol. The van der Waals surface area contributed by atoms with E-state index in [2.05, 4.69) is 0 Å². The minimum Gasteiger partial charge on any atom is -0.497 e. The lowest BCUT2D eigenvalue weighted by atomic mass is 10.1. The van der Waals surface area contributed by atoms with E-state index in [1.165, 1.54) is 13.2 Å². The fourth-order valence-electron chi connectivity index (χ4n) is 3.23. The first kappa shape index (κ1) is 19.8. The van der Waals surface area contributed by atoms with Crippen molar-refractivity contribution in [2.45, 2.75) is 38.1 Å². The summed E-state index contributed by atoms with van der Waals surface area (Å²) in [5.74, 6) is 0.943. The Labute approximate surface area is 154 Å². The van der Waals surface area contributed by atoms with Crippen LogP contribution in [-0.2, 0) is 14.3 Å². The molecular weight excluding hydrogens is 334 g/mol. The topological polar surface area (TPSA) is 65.1 Å². The third-order valence-electron chi connectivity index (χ3n) is 4.68. The molecule has 2 rings (SSSR count). The van der Waals surface area contributed by atoms with Crippen molar-refractivity contribution in [3.05, 3.63) is 29.8 Å². The largest absolute Gasteiger partial charge is 0.497 e. The Bertz CT molecular complexity index is 650. The van der Waals surface area contributed by atoms with Crippen LogP contribution in [0.5, 0.6) is 11.5 Å². The smallest absolute Gasteiger partial charge is 0.307 e. The van der Waals surface area contributed by atoms with E-state index in [-0.39, 0.29) is 24.3 Å². The first-order chi connectivity index (χ1) is 12.6. The normalized spacial score (nSPS) is 14.4. The van der Waals surface area contributed by atoms with Crippen molar-refractivity contribution >= 4 is 18.0 Å². The zero-order chi connectivity index (χ0) is 18.9. The summed E-state index contributed by atoms with van der Waals surface area (Å²) in [4.78, 5) is 26.0. The van der Waals surface area contributed by atoms with Crippen LogP contribution in [0.4, 0.5) is 0 Å². The molecule has 142 valence electrons. The number of rotatable bonds is 8. The lowest BCUT2D eigenvalue weighted by molar-refractivity contribution is -0.141. The van der Waals surface area contributed by atoms with E-state index in [1.807, 2.05) is 6.07 Å². The van der Waals surface area contributed by atoms with Gasteiger partial charge in [0.25, 0.3) is 0 Å². The fraction of sp³-hybridized carbons (Fsp3) is 0.500. The van der Waals surface area contributed by atoms with E-state index in [0.29, 0.717) is 18.0 Å². The van der Waals surface area contributed by atoms with Crippen molar-refractivity contribution in [1.29, 1.82) is 0 Å². The summed E-state index contributed by atoms with van der Waals surface area (Å²) in [5.41, 5.74) is 0.763. The molecule has 0 radical (unpaired) electrons. The molecule has 0 heterocycles. The third-order valence-corrected chi connectivity index (χ3v) is 4.68. The summed E-state index contributed by atoms with van der Waals surface area (Å²) in [7, 11) is 4.54. The van der Waals surface area contributed by atoms with Crippen molar-refractivity contribution in [1.82, 2.24) is 4.90 Å². The minimum atomic E-state index is -0.306. The molecule has 0 unspecified atom stereocenters. The van der Waals surface area contributed by atoms with Gasteiger partial charge in [-0.1, -0.05) is 12.8 Å². The lowest BCUT2D eigenvalue weighted by Gasteiger charge is -2.27. The van der Waals surface area contributed by atoms with Crippen LogP contribution in [0.2, 0.25) is 0 Å². The first-order valence-electron chi connectivity index (χ1n) is 8.86. The molecule has 0 aromatic heterocycles. The number of methoxy groups -OCH3 is 3. The molecule has 0 saturated heterocycles. The van der Waals surface area contributed by atoms with E-state index < -0.39 is 0 Å². The number of esters is 1. The van der Waals surface area contributed by atoms with E-state index in [4.69, 9.17) is 14.2 Å². The van der Waals surface area contributed by atoms with Gasteiger partial charge in [0.05, 0.1) is 27.8 Å². The minimum absolute atomic E-state index is 0.106. The standard InChI is InChI=1S/C20H27NO5/c1-24-17-9-10-18(25-2)15(14-17)8-11-19(22)21(13-12-20(23)26-3)16-6-4-5-7-16/h8-11,14,16H,4-7,12-13H2,1-3H3/b11-8+. The van der Waals surface area contributed by atoms with Crippen molar-refractivity contribution in [3.8, 4) is 11.5 Å². The number of amides is 1. The first-order valence-corrected chi connectivity index (χ1v) is 8.86. The molecule has 0 atom stereocenters. The second-order valence-corrected chi connectivity index (χ2v) is 6.24. The molecule has 6 heteroatoms. The molecule has 1 fully saturated rings. The molecule has 0 N–H and O–H groups in total. The van der Waals surface area contributed by atoms with Crippen LogP contribution < -0.4 is 9.47 Å². The number of hydrogen-bond acceptors (Lipinski definition) is 5. The van der Waals surface area contributed by atoms with Gasteiger partial charge in [0.2, 0.25) is 5.91 Å². The van der Waals surface area contributed by atoms with Crippen LogP contribution in [0.3, 0.4) is 0 Å². The van der Waals surface area contributed by atoms with Gasteiger partial charge in [-0.25, -0.2) is 0 Å². The number of carbonyl (C=O) groups excluding carboxylic acids is 2. The van der Waals surface area contributed by atoms with Gasteiger partial charge in [-0.3, -0.25) is 9.59 Å². The van der Waals surface area contributed by atoms with Crippen LogP contribution in [0.25, 0.3) is 6.08 Å². The molecule has 0 bridgehead atoms. The van der Waals surface area contributed by atoms with Crippen molar-refractivity contribution in [3.63, 3.8) is 0 Å². The second-order valence-electron chi connectivity index (χ2n) is 6.24. The molecule has 1 aliphatic carbocycles. The number of ether oxygens (including phenoxy) is 3. The van der Waals surface area contributed by atoms with Crippen LogP contribution in [-0.4, -0.2) is 50.7 Å². The molecule has 6 nitrogen and oxygen atoms in total. The molecule has 1 aromatic rings. The lowest BCUT2D eigenvalue weighted by Crippen LogP contribution is -2.39. The maximum atomic E-state index is 12.8. The summed E-state index contributed by atoms with van der Waals surface area (Å²) in [6, 6.07) is 5.61. The highest BCUT2D eigenvalue weighted by Crippen LogP contribution is 2.26.